The second kappa shape index (κ2) is 8.23. The van der Waals surface area contributed by atoms with Crippen LogP contribution in [0.15, 0.2) is 71.9 Å². The van der Waals surface area contributed by atoms with Crippen LogP contribution >= 0.6 is 15.9 Å². The van der Waals surface area contributed by atoms with Gasteiger partial charge in [-0.1, -0.05) is 36.4 Å². The quantitative estimate of drug-likeness (QED) is 0.282. The number of hydrogen-bond acceptors (Lipinski definition) is 4. The van der Waals surface area contributed by atoms with E-state index in [0.29, 0.717) is 28.2 Å². The van der Waals surface area contributed by atoms with Crippen molar-refractivity contribution < 1.29 is 9.59 Å². The number of urea groups is 1. The summed E-state index contributed by atoms with van der Waals surface area (Å²) in [6.07, 6.45) is 0. The van der Waals surface area contributed by atoms with Crippen LogP contribution in [0.2, 0.25) is 0 Å². The van der Waals surface area contributed by atoms with E-state index in [2.05, 4.69) is 31.9 Å². The van der Waals surface area contributed by atoms with Crippen LogP contribution in [0.1, 0.15) is 24.1 Å². The predicted molar refractivity (Wildman–Crippen MR) is 126 cm³/mol. The Hall–Kier alpha value is -3.65. The van der Waals surface area contributed by atoms with Gasteiger partial charge >= 0.3 is 6.03 Å². The van der Waals surface area contributed by atoms with Crippen molar-refractivity contribution in [3.63, 3.8) is 0 Å². The van der Waals surface area contributed by atoms with Gasteiger partial charge in [-0.2, -0.15) is 0 Å². The Morgan fingerprint density at radius 2 is 1.84 bits per heavy atom. The van der Waals surface area contributed by atoms with Gasteiger partial charge in [0.15, 0.2) is 0 Å². The number of halogens is 1. The minimum Gasteiger partial charge on any atom is -0.398 e. The topological polar surface area (TPSA) is 120 Å². The molecule has 0 fully saturated rings. The van der Waals surface area contributed by atoms with Gasteiger partial charge in [0.2, 0.25) is 0 Å². The van der Waals surface area contributed by atoms with E-state index in [1.807, 2.05) is 42.5 Å². The summed E-state index contributed by atoms with van der Waals surface area (Å²) < 4.78 is 0.122. The van der Waals surface area contributed by atoms with Gasteiger partial charge in [-0.3, -0.25) is 10.2 Å². The van der Waals surface area contributed by atoms with Crippen molar-refractivity contribution in [2.75, 3.05) is 11.1 Å². The summed E-state index contributed by atoms with van der Waals surface area (Å²) in [4.78, 5) is 25.4. The summed E-state index contributed by atoms with van der Waals surface area (Å²) in [7, 11) is 0. The van der Waals surface area contributed by atoms with Gasteiger partial charge in [-0.25, -0.2) is 4.79 Å². The number of amides is 3. The molecule has 7 nitrogen and oxygen atoms in total. The summed E-state index contributed by atoms with van der Waals surface area (Å²) in [5, 5.41) is 18.3. The molecular weight excluding hydrogens is 458 g/mol. The van der Waals surface area contributed by atoms with Crippen molar-refractivity contribution in [3.05, 3.63) is 83.1 Å². The second-order valence-electron chi connectivity index (χ2n) is 7.25. The monoisotopic (exact) mass is 477 g/mol. The van der Waals surface area contributed by atoms with Gasteiger partial charge in [-0.05, 0) is 63.5 Å². The zero-order chi connectivity index (χ0) is 22.1. The highest BCUT2D eigenvalue weighted by Crippen LogP contribution is 2.30. The fourth-order valence-electron chi connectivity index (χ4n) is 3.65. The first-order valence-electron chi connectivity index (χ1n) is 9.56. The van der Waals surface area contributed by atoms with Crippen LogP contribution < -0.4 is 21.7 Å². The molecule has 1 heterocycles. The van der Waals surface area contributed by atoms with Gasteiger partial charge in [0.25, 0.3) is 5.91 Å². The van der Waals surface area contributed by atoms with Crippen LogP contribution in [0.3, 0.4) is 0 Å². The van der Waals surface area contributed by atoms with Gasteiger partial charge in [0.1, 0.15) is 4.62 Å². The predicted octanol–water partition coefficient (Wildman–Crippen LogP) is 4.41. The Morgan fingerprint density at radius 1 is 1.10 bits per heavy atom. The number of allylic oxidation sites excluding steroid dienone is 1. The normalized spacial score (nSPS) is 15.9. The minimum absolute atomic E-state index is 0.122. The molecule has 1 aliphatic rings. The lowest BCUT2D eigenvalue weighted by molar-refractivity contribution is -0.113. The first-order valence-corrected chi connectivity index (χ1v) is 10.3. The fourth-order valence-corrected chi connectivity index (χ4v) is 4.00. The third-order valence-electron chi connectivity index (χ3n) is 5.17. The molecular formula is C23H20BrN5O2. The molecule has 6 N–H and O–H groups in total. The Bertz CT molecular complexity index is 1270. The molecule has 31 heavy (non-hydrogen) atoms. The number of carbonyl (C=O) groups excluding carboxylic acids is 2. The molecule has 4 rings (SSSR count). The Labute approximate surface area is 187 Å². The molecule has 3 aromatic carbocycles. The van der Waals surface area contributed by atoms with Gasteiger partial charge in [0, 0.05) is 22.6 Å². The minimum atomic E-state index is -0.610. The molecule has 0 saturated carbocycles. The van der Waals surface area contributed by atoms with Crippen molar-refractivity contribution in [2.45, 2.75) is 13.0 Å². The number of benzene rings is 3. The third kappa shape index (κ3) is 4.15. The maximum absolute atomic E-state index is 13.2. The molecule has 1 unspecified atom stereocenters. The van der Waals surface area contributed by atoms with Crippen molar-refractivity contribution in [1.82, 2.24) is 10.6 Å². The lowest BCUT2D eigenvalue weighted by Gasteiger charge is -2.29. The lowest BCUT2D eigenvalue weighted by atomic mass is 9.93. The van der Waals surface area contributed by atoms with Crippen molar-refractivity contribution in [2.24, 2.45) is 0 Å². The van der Waals surface area contributed by atoms with E-state index in [1.54, 1.807) is 25.1 Å². The maximum atomic E-state index is 13.2. The largest absolute Gasteiger partial charge is 0.398 e. The van der Waals surface area contributed by atoms with Gasteiger partial charge in [-0.15, -0.1) is 0 Å². The Kier molecular flexibility index (Phi) is 5.48. The molecule has 3 amide bonds. The van der Waals surface area contributed by atoms with Crippen LogP contribution in [0, 0.1) is 5.41 Å². The van der Waals surface area contributed by atoms with E-state index in [9.17, 15) is 9.59 Å². The van der Waals surface area contributed by atoms with E-state index in [4.69, 9.17) is 11.1 Å². The van der Waals surface area contributed by atoms with Gasteiger partial charge < -0.3 is 21.7 Å². The van der Waals surface area contributed by atoms with Crippen LogP contribution in [0.4, 0.5) is 16.2 Å². The van der Waals surface area contributed by atoms with Crippen LogP contribution in [-0.2, 0) is 4.79 Å². The number of carbonyl (C=O) groups is 2. The number of fused-ring (bicyclic) bond motifs is 1. The Morgan fingerprint density at radius 3 is 2.58 bits per heavy atom. The fraction of sp³-hybridized carbons (Fsp3) is 0.0870. The molecule has 156 valence electrons. The Balaban J connectivity index is 1.70. The van der Waals surface area contributed by atoms with E-state index in [-0.39, 0.29) is 16.6 Å². The molecule has 0 radical (unpaired) electrons. The standard InChI is InChI=1S/C23H20BrN5O2/c1-12-19(22(30)28-16-8-9-18(25)17(11-16)21(24)26)20(29-23(31)27-12)15-7-6-13-4-2-3-5-14(13)10-15/h2-11,20,26H,25H2,1H3,(H,28,30)(H2,27,29,31). The van der Waals surface area contributed by atoms with Crippen LogP contribution in [0.25, 0.3) is 10.8 Å². The average Bonchev–Trinajstić information content (AvgIpc) is 2.73. The molecule has 0 aromatic heterocycles. The molecule has 1 aliphatic heterocycles. The number of nitrogens with two attached hydrogens (primary N) is 1. The summed E-state index contributed by atoms with van der Waals surface area (Å²) >= 11 is 3.11. The molecule has 1 atom stereocenters. The van der Waals surface area contributed by atoms with E-state index in [0.717, 1.165) is 16.3 Å². The summed E-state index contributed by atoms with van der Waals surface area (Å²) in [6.45, 7) is 1.70. The number of hydrogen-bond donors (Lipinski definition) is 5. The molecule has 0 bridgehead atoms. The molecule has 0 aliphatic carbocycles. The SMILES string of the molecule is CC1=C(C(=O)Nc2ccc(N)c(C(=N)Br)c2)C(c2ccc3ccccc3c2)NC(=O)N1. The number of nitrogens with one attached hydrogen (secondary N) is 4. The van der Waals surface area contributed by atoms with Crippen molar-refractivity contribution in [1.29, 1.82) is 5.41 Å². The zero-order valence-electron chi connectivity index (χ0n) is 16.6. The third-order valence-corrected chi connectivity index (χ3v) is 5.60. The van der Waals surface area contributed by atoms with E-state index >= 15 is 0 Å². The van der Waals surface area contributed by atoms with Crippen LogP contribution in [-0.4, -0.2) is 16.6 Å². The van der Waals surface area contributed by atoms with Crippen LogP contribution in [0.5, 0.6) is 0 Å². The molecule has 8 heteroatoms. The van der Waals surface area contributed by atoms with Crippen molar-refractivity contribution >= 4 is 54.6 Å². The average molecular weight is 478 g/mol. The number of nitrogen functional groups attached to an aromatic ring is 1. The molecule has 3 aromatic rings. The maximum Gasteiger partial charge on any atom is 0.319 e. The summed E-state index contributed by atoms with van der Waals surface area (Å²) in [5.74, 6) is -0.361. The second-order valence-corrected chi connectivity index (χ2v) is 8.04. The summed E-state index contributed by atoms with van der Waals surface area (Å²) in [6, 6.07) is 17.7. The first-order chi connectivity index (χ1) is 14.8. The highest BCUT2D eigenvalue weighted by Gasteiger charge is 2.31. The number of rotatable bonds is 4. The van der Waals surface area contributed by atoms with Gasteiger partial charge in [0.05, 0.1) is 11.6 Å². The zero-order valence-corrected chi connectivity index (χ0v) is 18.2. The smallest absolute Gasteiger partial charge is 0.319 e. The highest BCUT2D eigenvalue weighted by molar-refractivity contribution is 9.18. The molecule has 0 saturated heterocycles. The van der Waals surface area contributed by atoms with E-state index < -0.39 is 6.04 Å². The number of anilines is 2. The lowest BCUT2D eigenvalue weighted by Crippen LogP contribution is -2.45. The highest BCUT2D eigenvalue weighted by atomic mass is 79.9. The molecule has 0 spiro atoms. The first kappa shape index (κ1) is 20.6. The summed E-state index contributed by atoms with van der Waals surface area (Å²) in [5.41, 5.74) is 8.98. The van der Waals surface area contributed by atoms with Crippen molar-refractivity contribution in [3.8, 4) is 0 Å². The van der Waals surface area contributed by atoms with E-state index in [1.165, 1.54) is 0 Å².